The first-order chi connectivity index (χ1) is 8.19. The molecule has 0 aliphatic carbocycles. The van der Waals surface area contributed by atoms with Crippen molar-refractivity contribution in [3.05, 3.63) is 35.1 Å². The molecule has 2 rings (SSSR count). The van der Waals surface area contributed by atoms with Gasteiger partial charge in [0.15, 0.2) is 0 Å². The number of likely N-dealkylation sites (tertiary alicyclic amines) is 1. The summed E-state index contributed by atoms with van der Waals surface area (Å²) in [6.07, 6.45) is 2.35. The molecule has 3 heteroatoms. The third kappa shape index (κ3) is 3.43. The Balaban J connectivity index is 1.93. The fourth-order valence-corrected chi connectivity index (χ4v) is 2.83. The van der Waals surface area contributed by atoms with E-state index in [9.17, 15) is 4.39 Å². The SMILES string of the molecule is Cc1cc(F)ccc1CN1CCC(CCCl)C1. The molecule has 17 heavy (non-hydrogen) atoms. The van der Waals surface area contributed by atoms with E-state index in [0.29, 0.717) is 0 Å². The molecule has 1 heterocycles. The lowest BCUT2D eigenvalue weighted by Crippen LogP contribution is -2.20. The van der Waals surface area contributed by atoms with Gasteiger partial charge in [0.2, 0.25) is 0 Å². The molecule has 1 aromatic rings. The van der Waals surface area contributed by atoms with E-state index in [1.807, 2.05) is 13.0 Å². The molecule has 1 aromatic carbocycles. The van der Waals surface area contributed by atoms with Gasteiger partial charge in [0, 0.05) is 19.0 Å². The first-order valence-electron chi connectivity index (χ1n) is 6.22. The standard InChI is InChI=1S/C14H19ClFN/c1-11-8-14(16)3-2-13(11)10-17-7-5-12(9-17)4-6-15/h2-3,8,12H,4-7,9-10H2,1H3. The maximum atomic E-state index is 13.0. The lowest BCUT2D eigenvalue weighted by molar-refractivity contribution is 0.314. The van der Waals surface area contributed by atoms with Crippen molar-refractivity contribution < 1.29 is 4.39 Å². The molecule has 1 atom stereocenters. The van der Waals surface area contributed by atoms with E-state index in [4.69, 9.17) is 11.6 Å². The van der Waals surface area contributed by atoms with Crippen LogP contribution in [0.25, 0.3) is 0 Å². The van der Waals surface area contributed by atoms with Crippen LogP contribution in [0, 0.1) is 18.7 Å². The second kappa shape index (κ2) is 5.83. The van der Waals surface area contributed by atoms with Gasteiger partial charge < -0.3 is 0 Å². The molecule has 94 valence electrons. The molecule has 0 bridgehead atoms. The summed E-state index contributed by atoms with van der Waals surface area (Å²) < 4.78 is 13.0. The molecule has 1 aliphatic heterocycles. The minimum Gasteiger partial charge on any atom is -0.299 e. The van der Waals surface area contributed by atoms with Crippen molar-refractivity contribution in [2.24, 2.45) is 5.92 Å². The molecular formula is C14H19ClFN. The highest BCUT2D eigenvalue weighted by atomic mass is 35.5. The van der Waals surface area contributed by atoms with Gasteiger partial charge >= 0.3 is 0 Å². The van der Waals surface area contributed by atoms with E-state index in [1.165, 1.54) is 12.0 Å². The van der Waals surface area contributed by atoms with Gasteiger partial charge in [0.1, 0.15) is 5.82 Å². The molecular weight excluding hydrogens is 237 g/mol. The molecule has 0 saturated carbocycles. The van der Waals surface area contributed by atoms with Crippen molar-refractivity contribution in [2.45, 2.75) is 26.3 Å². The summed E-state index contributed by atoms with van der Waals surface area (Å²) in [5, 5.41) is 0. The van der Waals surface area contributed by atoms with Crippen LogP contribution >= 0.6 is 11.6 Å². The number of aryl methyl sites for hydroxylation is 1. The lowest BCUT2D eigenvalue weighted by atomic mass is 10.1. The maximum Gasteiger partial charge on any atom is 0.123 e. The largest absolute Gasteiger partial charge is 0.299 e. The number of benzene rings is 1. The number of hydrogen-bond acceptors (Lipinski definition) is 1. The van der Waals surface area contributed by atoms with Crippen LogP contribution in [0.1, 0.15) is 24.0 Å². The first kappa shape index (κ1) is 12.8. The molecule has 1 fully saturated rings. The smallest absolute Gasteiger partial charge is 0.123 e. The number of halogens is 2. The number of alkyl halides is 1. The average Bonchev–Trinajstić information content (AvgIpc) is 2.71. The van der Waals surface area contributed by atoms with Gasteiger partial charge in [-0.15, -0.1) is 11.6 Å². The van der Waals surface area contributed by atoms with Gasteiger partial charge in [-0.05, 0) is 55.5 Å². The Morgan fingerprint density at radius 1 is 1.47 bits per heavy atom. The Bertz CT molecular complexity index is 380. The summed E-state index contributed by atoms with van der Waals surface area (Å²) in [6, 6.07) is 5.07. The summed E-state index contributed by atoms with van der Waals surface area (Å²) in [5.74, 6) is 1.36. The summed E-state index contributed by atoms with van der Waals surface area (Å²) in [4.78, 5) is 2.44. The van der Waals surface area contributed by atoms with Crippen LogP contribution in [0.3, 0.4) is 0 Å². The van der Waals surface area contributed by atoms with E-state index in [0.717, 1.165) is 43.4 Å². The summed E-state index contributed by atoms with van der Waals surface area (Å²) >= 11 is 5.77. The van der Waals surface area contributed by atoms with Crippen LogP contribution < -0.4 is 0 Å². The fraction of sp³-hybridized carbons (Fsp3) is 0.571. The van der Waals surface area contributed by atoms with E-state index in [-0.39, 0.29) is 5.82 Å². The predicted molar refractivity (Wildman–Crippen MR) is 69.9 cm³/mol. The Kier molecular flexibility index (Phi) is 4.41. The Morgan fingerprint density at radius 3 is 3.00 bits per heavy atom. The number of hydrogen-bond donors (Lipinski definition) is 0. The van der Waals surface area contributed by atoms with Crippen LogP contribution in [0.5, 0.6) is 0 Å². The minimum atomic E-state index is -0.146. The first-order valence-corrected chi connectivity index (χ1v) is 6.76. The fourth-order valence-electron chi connectivity index (χ4n) is 2.52. The Morgan fingerprint density at radius 2 is 2.29 bits per heavy atom. The Hall–Kier alpha value is -0.600. The van der Waals surface area contributed by atoms with Crippen molar-refractivity contribution in [1.82, 2.24) is 4.90 Å². The van der Waals surface area contributed by atoms with Crippen LogP contribution in [-0.2, 0) is 6.54 Å². The Labute approximate surface area is 108 Å². The molecule has 0 amide bonds. The molecule has 1 unspecified atom stereocenters. The van der Waals surface area contributed by atoms with Crippen molar-refractivity contribution in [1.29, 1.82) is 0 Å². The van der Waals surface area contributed by atoms with E-state index < -0.39 is 0 Å². The highest BCUT2D eigenvalue weighted by molar-refractivity contribution is 6.17. The topological polar surface area (TPSA) is 3.24 Å². The number of nitrogens with zero attached hydrogens (tertiary/aromatic N) is 1. The minimum absolute atomic E-state index is 0.146. The lowest BCUT2D eigenvalue weighted by Gasteiger charge is -2.17. The van der Waals surface area contributed by atoms with E-state index >= 15 is 0 Å². The number of rotatable bonds is 4. The van der Waals surface area contributed by atoms with Gasteiger partial charge in [-0.2, -0.15) is 0 Å². The molecule has 0 spiro atoms. The maximum absolute atomic E-state index is 13.0. The normalized spacial score (nSPS) is 21.0. The zero-order valence-electron chi connectivity index (χ0n) is 10.3. The highest BCUT2D eigenvalue weighted by Crippen LogP contribution is 2.22. The summed E-state index contributed by atoms with van der Waals surface area (Å²) in [7, 11) is 0. The zero-order chi connectivity index (χ0) is 12.3. The van der Waals surface area contributed by atoms with E-state index in [2.05, 4.69) is 4.90 Å². The van der Waals surface area contributed by atoms with Crippen molar-refractivity contribution in [3.8, 4) is 0 Å². The highest BCUT2D eigenvalue weighted by Gasteiger charge is 2.22. The van der Waals surface area contributed by atoms with Crippen molar-refractivity contribution >= 4 is 11.6 Å². The van der Waals surface area contributed by atoms with Crippen LogP contribution in [0.2, 0.25) is 0 Å². The average molecular weight is 256 g/mol. The zero-order valence-corrected chi connectivity index (χ0v) is 11.0. The van der Waals surface area contributed by atoms with Gasteiger partial charge in [0.25, 0.3) is 0 Å². The monoisotopic (exact) mass is 255 g/mol. The molecule has 0 radical (unpaired) electrons. The third-order valence-corrected chi connectivity index (χ3v) is 3.80. The molecule has 1 saturated heterocycles. The van der Waals surface area contributed by atoms with Crippen molar-refractivity contribution in [2.75, 3.05) is 19.0 Å². The van der Waals surface area contributed by atoms with E-state index in [1.54, 1.807) is 12.1 Å². The summed E-state index contributed by atoms with van der Waals surface area (Å²) in [6.45, 7) is 5.18. The second-order valence-corrected chi connectivity index (χ2v) is 5.32. The van der Waals surface area contributed by atoms with Crippen LogP contribution in [0.4, 0.5) is 4.39 Å². The van der Waals surface area contributed by atoms with Gasteiger partial charge in [-0.3, -0.25) is 4.90 Å². The van der Waals surface area contributed by atoms with Gasteiger partial charge in [-0.25, -0.2) is 4.39 Å². The van der Waals surface area contributed by atoms with Crippen molar-refractivity contribution in [3.63, 3.8) is 0 Å². The van der Waals surface area contributed by atoms with Crippen LogP contribution in [0.15, 0.2) is 18.2 Å². The predicted octanol–water partition coefficient (Wildman–Crippen LogP) is 3.58. The quantitative estimate of drug-likeness (QED) is 0.744. The van der Waals surface area contributed by atoms with Gasteiger partial charge in [0.05, 0.1) is 0 Å². The molecule has 0 aromatic heterocycles. The second-order valence-electron chi connectivity index (χ2n) is 4.94. The molecule has 0 N–H and O–H groups in total. The molecule has 1 nitrogen and oxygen atoms in total. The third-order valence-electron chi connectivity index (χ3n) is 3.59. The van der Waals surface area contributed by atoms with Crippen LogP contribution in [-0.4, -0.2) is 23.9 Å². The molecule has 1 aliphatic rings. The van der Waals surface area contributed by atoms with Gasteiger partial charge in [-0.1, -0.05) is 6.07 Å². The summed E-state index contributed by atoms with van der Waals surface area (Å²) in [5.41, 5.74) is 2.28.